The van der Waals surface area contributed by atoms with Gasteiger partial charge in [-0.15, -0.1) is 0 Å². The first-order valence-corrected chi connectivity index (χ1v) is 5.38. The summed E-state index contributed by atoms with van der Waals surface area (Å²) in [5, 5.41) is 9.19. The number of allylic oxidation sites excluding steroid dienone is 1. The van der Waals surface area contributed by atoms with Crippen LogP contribution in [0.15, 0.2) is 11.6 Å². The average Bonchev–Trinajstić information content (AvgIpc) is 2.21. The van der Waals surface area contributed by atoms with E-state index in [0.717, 1.165) is 19.3 Å². The van der Waals surface area contributed by atoms with Crippen LogP contribution in [0.5, 0.6) is 0 Å². The lowest BCUT2D eigenvalue weighted by Crippen LogP contribution is -2.36. The molecule has 0 aromatic carbocycles. The van der Waals surface area contributed by atoms with E-state index < -0.39 is 6.10 Å². The summed E-state index contributed by atoms with van der Waals surface area (Å²) in [5.41, 5.74) is 1.19. The van der Waals surface area contributed by atoms with Crippen LogP contribution < -0.4 is 0 Å². The van der Waals surface area contributed by atoms with Gasteiger partial charge in [0.1, 0.15) is 6.10 Å². The molecule has 0 amide bonds. The largest absolute Gasteiger partial charge is 0.388 e. The standard InChI is InChI=1S/C11H20O3/c1-3-5-6-9(4-2)11-13-7-10(12)8-14-11/h6,10-12H,3-5,7-8H2,1-2H3/b9-6+. The minimum atomic E-state index is -0.462. The van der Waals surface area contributed by atoms with E-state index in [1.807, 2.05) is 0 Å². The van der Waals surface area contributed by atoms with E-state index in [4.69, 9.17) is 9.47 Å². The second-order valence-electron chi connectivity index (χ2n) is 3.57. The van der Waals surface area contributed by atoms with E-state index in [2.05, 4.69) is 19.9 Å². The molecule has 1 heterocycles. The Bertz CT molecular complexity index is 181. The van der Waals surface area contributed by atoms with Crippen LogP contribution in [0.25, 0.3) is 0 Å². The van der Waals surface area contributed by atoms with Gasteiger partial charge in [-0.05, 0) is 18.4 Å². The van der Waals surface area contributed by atoms with Crippen LogP contribution >= 0.6 is 0 Å². The molecule has 0 aromatic heterocycles. The molecule has 0 spiro atoms. The highest BCUT2D eigenvalue weighted by Gasteiger charge is 2.22. The van der Waals surface area contributed by atoms with Gasteiger partial charge in [-0.25, -0.2) is 0 Å². The van der Waals surface area contributed by atoms with Crippen molar-refractivity contribution in [3.05, 3.63) is 11.6 Å². The lowest BCUT2D eigenvalue weighted by Gasteiger charge is -2.28. The quantitative estimate of drug-likeness (QED) is 0.704. The first-order valence-electron chi connectivity index (χ1n) is 5.38. The summed E-state index contributed by atoms with van der Waals surface area (Å²) in [6, 6.07) is 0. The highest BCUT2D eigenvalue weighted by Crippen LogP contribution is 2.17. The molecule has 1 aliphatic rings. The Balaban J connectivity index is 2.44. The van der Waals surface area contributed by atoms with Crippen LogP contribution in [0.4, 0.5) is 0 Å². The van der Waals surface area contributed by atoms with Crippen molar-refractivity contribution in [2.45, 2.75) is 45.5 Å². The predicted molar refractivity (Wildman–Crippen MR) is 55.0 cm³/mol. The Morgan fingerprint density at radius 1 is 1.36 bits per heavy atom. The number of rotatable bonds is 4. The number of hydrogen-bond acceptors (Lipinski definition) is 3. The maximum Gasteiger partial charge on any atom is 0.180 e. The Morgan fingerprint density at radius 2 is 2.00 bits per heavy atom. The summed E-state index contributed by atoms with van der Waals surface area (Å²) in [5.74, 6) is 0. The smallest absolute Gasteiger partial charge is 0.180 e. The number of unbranched alkanes of at least 4 members (excludes halogenated alkanes) is 1. The Kier molecular flexibility index (Phi) is 5.15. The van der Waals surface area contributed by atoms with Crippen LogP contribution in [0.3, 0.4) is 0 Å². The fourth-order valence-electron chi connectivity index (χ4n) is 1.44. The monoisotopic (exact) mass is 200 g/mol. The van der Waals surface area contributed by atoms with Gasteiger partial charge < -0.3 is 14.6 Å². The van der Waals surface area contributed by atoms with Crippen LogP contribution in [0.2, 0.25) is 0 Å². The molecular formula is C11H20O3. The fourth-order valence-corrected chi connectivity index (χ4v) is 1.44. The molecular weight excluding hydrogens is 180 g/mol. The van der Waals surface area contributed by atoms with Gasteiger partial charge in [0.25, 0.3) is 0 Å². The van der Waals surface area contributed by atoms with Crippen molar-refractivity contribution in [2.24, 2.45) is 0 Å². The molecule has 0 saturated carbocycles. The zero-order chi connectivity index (χ0) is 10.4. The normalized spacial score (nSPS) is 29.2. The molecule has 0 aliphatic carbocycles. The summed E-state index contributed by atoms with van der Waals surface area (Å²) in [6.07, 6.45) is 4.64. The van der Waals surface area contributed by atoms with Gasteiger partial charge in [0.15, 0.2) is 6.29 Å². The first-order chi connectivity index (χ1) is 6.77. The molecule has 0 aromatic rings. The highest BCUT2D eigenvalue weighted by atomic mass is 16.7. The van der Waals surface area contributed by atoms with Crippen LogP contribution in [-0.2, 0) is 9.47 Å². The van der Waals surface area contributed by atoms with Gasteiger partial charge in [0.2, 0.25) is 0 Å². The molecule has 82 valence electrons. The maximum absolute atomic E-state index is 9.19. The molecule has 3 heteroatoms. The number of aliphatic hydroxyl groups is 1. The third-order valence-corrected chi connectivity index (χ3v) is 2.29. The van der Waals surface area contributed by atoms with Crippen molar-refractivity contribution < 1.29 is 14.6 Å². The lowest BCUT2D eigenvalue weighted by molar-refractivity contribution is -0.199. The van der Waals surface area contributed by atoms with Crippen molar-refractivity contribution in [1.29, 1.82) is 0 Å². The molecule has 1 saturated heterocycles. The van der Waals surface area contributed by atoms with Crippen LogP contribution in [0.1, 0.15) is 33.1 Å². The first kappa shape index (κ1) is 11.7. The minimum Gasteiger partial charge on any atom is -0.388 e. The lowest BCUT2D eigenvalue weighted by atomic mass is 10.1. The highest BCUT2D eigenvalue weighted by molar-refractivity contribution is 5.05. The molecule has 0 unspecified atom stereocenters. The summed E-state index contributed by atoms with van der Waals surface area (Å²) < 4.78 is 10.8. The van der Waals surface area contributed by atoms with Gasteiger partial charge in [0.05, 0.1) is 13.2 Å². The summed E-state index contributed by atoms with van der Waals surface area (Å²) >= 11 is 0. The summed E-state index contributed by atoms with van der Waals surface area (Å²) in [6.45, 7) is 5.01. The van der Waals surface area contributed by atoms with Crippen molar-refractivity contribution >= 4 is 0 Å². The SMILES string of the molecule is CCC/C=C(\CC)C1OCC(O)CO1. The third kappa shape index (κ3) is 3.40. The third-order valence-electron chi connectivity index (χ3n) is 2.29. The number of aliphatic hydroxyl groups excluding tert-OH is 1. The van der Waals surface area contributed by atoms with Crippen molar-refractivity contribution in [1.82, 2.24) is 0 Å². The molecule has 0 radical (unpaired) electrons. The fraction of sp³-hybridized carbons (Fsp3) is 0.818. The molecule has 0 atom stereocenters. The second kappa shape index (κ2) is 6.17. The molecule has 14 heavy (non-hydrogen) atoms. The topological polar surface area (TPSA) is 38.7 Å². The van der Waals surface area contributed by atoms with E-state index in [9.17, 15) is 5.11 Å². The summed E-state index contributed by atoms with van der Waals surface area (Å²) in [4.78, 5) is 0. The van der Waals surface area contributed by atoms with Crippen molar-refractivity contribution in [3.8, 4) is 0 Å². The Labute approximate surface area is 85.7 Å². The Hall–Kier alpha value is -0.380. The van der Waals surface area contributed by atoms with Gasteiger partial charge in [0, 0.05) is 0 Å². The minimum absolute atomic E-state index is 0.227. The molecule has 0 bridgehead atoms. The maximum atomic E-state index is 9.19. The van der Waals surface area contributed by atoms with Crippen LogP contribution in [-0.4, -0.2) is 30.7 Å². The number of hydrogen-bond donors (Lipinski definition) is 1. The number of ether oxygens (including phenoxy) is 2. The van der Waals surface area contributed by atoms with E-state index >= 15 is 0 Å². The molecule has 1 N–H and O–H groups in total. The zero-order valence-corrected chi connectivity index (χ0v) is 9.03. The van der Waals surface area contributed by atoms with E-state index in [1.54, 1.807) is 0 Å². The van der Waals surface area contributed by atoms with E-state index in [-0.39, 0.29) is 6.29 Å². The van der Waals surface area contributed by atoms with E-state index in [0.29, 0.717) is 13.2 Å². The summed E-state index contributed by atoms with van der Waals surface area (Å²) in [7, 11) is 0. The van der Waals surface area contributed by atoms with Gasteiger partial charge in [-0.3, -0.25) is 0 Å². The van der Waals surface area contributed by atoms with Gasteiger partial charge in [-0.2, -0.15) is 0 Å². The van der Waals surface area contributed by atoms with Gasteiger partial charge in [-0.1, -0.05) is 26.3 Å². The van der Waals surface area contributed by atoms with Gasteiger partial charge >= 0.3 is 0 Å². The predicted octanol–water partition coefficient (Wildman–Crippen LogP) is 1.86. The molecule has 3 nitrogen and oxygen atoms in total. The van der Waals surface area contributed by atoms with Crippen LogP contribution in [0, 0.1) is 0 Å². The Morgan fingerprint density at radius 3 is 2.50 bits per heavy atom. The molecule has 1 fully saturated rings. The van der Waals surface area contributed by atoms with Crippen molar-refractivity contribution in [2.75, 3.05) is 13.2 Å². The zero-order valence-electron chi connectivity index (χ0n) is 9.03. The van der Waals surface area contributed by atoms with Crippen molar-refractivity contribution in [3.63, 3.8) is 0 Å². The molecule has 1 rings (SSSR count). The average molecular weight is 200 g/mol. The van der Waals surface area contributed by atoms with E-state index in [1.165, 1.54) is 5.57 Å². The second-order valence-corrected chi connectivity index (χ2v) is 3.57. The molecule has 1 aliphatic heterocycles.